The predicted octanol–water partition coefficient (Wildman–Crippen LogP) is 2.33. The van der Waals surface area contributed by atoms with E-state index in [4.69, 9.17) is 5.73 Å². The third-order valence-corrected chi connectivity index (χ3v) is 2.64. The fraction of sp³-hybridized carbons (Fsp3) is 0.900. The largest absolute Gasteiger partial charge is 0.387 e. The van der Waals surface area contributed by atoms with E-state index in [0.717, 1.165) is 24.7 Å². The Morgan fingerprint density at radius 3 is 2.58 bits per heavy atom. The highest BCUT2D eigenvalue weighted by Crippen LogP contribution is 2.23. The zero-order chi connectivity index (χ0) is 8.81. The van der Waals surface area contributed by atoms with E-state index in [9.17, 15) is 0 Å². The van der Waals surface area contributed by atoms with Gasteiger partial charge in [0.25, 0.3) is 0 Å². The van der Waals surface area contributed by atoms with E-state index in [2.05, 4.69) is 11.9 Å². The summed E-state index contributed by atoms with van der Waals surface area (Å²) in [5.41, 5.74) is 5.64. The fourth-order valence-corrected chi connectivity index (χ4v) is 1.73. The van der Waals surface area contributed by atoms with Crippen molar-refractivity contribution in [3.05, 3.63) is 0 Å². The van der Waals surface area contributed by atoms with Crippen LogP contribution in [0.15, 0.2) is 4.99 Å². The lowest BCUT2D eigenvalue weighted by Crippen LogP contribution is -2.15. The Bertz CT molecular complexity index is 146. The van der Waals surface area contributed by atoms with Gasteiger partial charge in [0.05, 0.1) is 5.84 Å². The average Bonchev–Trinajstić information content (AvgIpc) is 2.16. The lowest BCUT2D eigenvalue weighted by molar-refractivity contribution is 0.367. The number of amidine groups is 1. The van der Waals surface area contributed by atoms with E-state index in [-0.39, 0.29) is 0 Å². The normalized spacial score (nSPS) is 21.2. The fourth-order valence-electron chi connectivity index (χ4n) is 1.73. The molecule has 0 spiro atoms. The first-order chi connectivity index (χ1) is 5.83. The molecular formula is C10H20N2. The molecule has 0 radical (unpaired) electrons. The molecule has 0 atom stereocenters. The van der Waals surface area contributed by atoms with Crippen molar-refractivity contribution in [3.63, 3.8) is 0 Å². The predicted molar refractivity (Wildman–Crippen MR) is 53.4 cm³/mol. The van der Waals surface area contributed by atoms with Gasteiger partial charge in [-0.25, -0.2) is 0 Å². The van der Waals surface area contributed by atoms with E-state index in [1.807, 2.05) is 0 Å². The van der Waals surface area contributed by atoms with Gasteiger partial charge in [-0.1, -0.05) is 26.2 Å². The highest BCUT2D eigenvalue weighted by Gasteiger charge is 2.12. The summed E-state index contributed by atoms with van der Waals surface area (Å²) in [5, 5.41) is 0. The molecule has 0 amide bonds. The maximum atomic E-state index is 5.64. The van der Waals surface area contributed by atoms with Gasteiger partial charge in [-0.15, -0.1) is 0 Å². The van der Waals surface area contributed by atoms with Gasteiger partial charge in [0.1, 0.15) is 0 Å². The summed E-state index contributed by atoms with van der Waals surface area (Å²) >= 11 is 0. The van der Waals surface area contributed by atoms with Gasteiger partial charge in [-0.2, -0.15) is 0 Å². The molecular weight excluding hydrogens is 148 g/mol. The van der Waals surface area contributed by atoms with E-state index < -0.39 is 0 Å². The molecule has 0 unspecified atom stereocenters. The molecule has 70 valence electrons. The van der Waals surface area contributed by atoms with Gasteiger partial charge in [0.15, 0.2) is 0 Å². The second-order valence-corrected chi connectivity index (χ2v) is 3.69. The lowest BCUT2D eigenvalue weighted by atomic mass is 9.89. The molecule has 0 saturated heterocycles. The Morgan fingerprint density at radius 2 is 2.00 bits per heavy atom. The summed E-state index contributed by atoms with van der Waals surface area (Å²) in [6.07, 6.45) is 7.83. The molecule has 0 aromatic rings. The SMILES string of the molecule is CCC(N)=NCC1CCCCC1. The van der Waals surface area contributed by atoms with Crippen LogP contribution >= 0.6 is 0 Å². The molecule has 1 aliphatic rings. The lowest BCUT2D eigenvalue weighted by Gasteiger charge is -2.19. The highest BCUT2D eigenvalue weighted by molar-refractivity contribution is 5.79. The molecule has 1 fully saturated rings. The standard InChI is InChI=1S/C10H20N2/c1-2-10(11)12-8-9-6-4-3-5-7-9/h9H,2-8H2,1H3,(H2,11,12). The second-order valence-electron chi connectivity index (χ2n) is 3.69. The quantitative estimate of drug-likeness (QED) is 0.510. The highest BCUT2D eigenvalue weighted by atomic mass is 14.8. The van der Waals surface area contributed by atoms with Crippen molar-refractivity contribution in [3.8, 4) is 0 Å². The van der Waals surface area contributed by atoms with Crippen molar-refractivity contribution >= 4 is 5.84 Å². The van der Waals surface area contributed by atoms with Gasteiger partial charge in [-0.3, -0.25) is 4.99 Å². The van der Waals surface area contributed by atoms with Crippen molar-refractivity contribution in [2.24, 2.45) is 16.6 Å². The maximum absolute atomic E-state index is 5.64. The third kappa shape index (κ3) is 3.24. The molecule has 0 aromatic carbocycles. The Balaban J connectivity index is 2.21. The second kappa shape index (κ2) is 5.18. The number of nitrogens with two attached hydrogens (primary N) is 1. The Morgan fingerprint density at radius 1 is 1.33 bits per heavy atom. The van der Waals surface area contributed by atoms with E-state index in [0.29, 0.717) is 0 Å². The van der Waals surface area contributed by atoms with Gasteiger partial charge in [0, 0.05) is 13.0 Å². The Hall–Kier alpha value is -0.530. The van der Waals surface area contributed by atoms with Crippen LogP contribution in [0.3, 0.4) is 0 Å². The molecule has 1 aliphatic carbocycles. The van der Waals surface area contributed by atoms with Crippen LogP contribution in [0.1, 0.15) is 45.4 Å². The van der Waals surface area contributed by atoms with Gasteiger partial charge in [0.2, 0.25) is 0 Å². The minimum absolute atomic E-state index is 0.820. The Labute approximate surface area is 75.3 Å². The van der Waals surface area contributed by atoms with Crippen molar-refractivity contribution in [1.29, 1.82) is 0 Å². The summed E-state index contributed by atoms with van der Waals surface area (Å²) in [6, 6.07) is 0. The van der Waals surface area contributed by atoms with Gasteiger partial charge < -0.3 is 5.73 Å². The van der Waals surface area contributed by atoms with Crippen LogP contribution in [-0.4, -0.2) is 12.4 Å². The molecule has 0 bridgehead atoms. The first-order valence-electron chi connectivity index (χ1n) is 5.11. The van der Waals surface area contributed by atoms with Crippen LogP contribution in [0, 0.1) is 5.92 Å². The molecule has 0 aliphatic heterocycles. The van der Waals surface area contributed by atoms with Crippen LogP contribution in [0.4, 0.5) is 0 Å². The minimum Gasteiger partial charge on any atom is -0.387 e. The molecule has 0 aromatic heterocycles. The average molecular weight is 168 g/mol. The molecule has 0 heterocycles. The van der Waals surface area contributed by atoms with E-state index in [1.165, 1.54) is 32.1 Å². The number of hydrogen-bond acceptors (Lipinski definition) is 1. The van der Waals surface area contributed by atoms with Crippen LogP contribution in [0.2, 0.25) is 0 Å². The molecule has 12 heavy (non-hydrogen) atoms. The number of nitrogens with zero attached hydrogens (tertiary/aromatic N) is 1. The van der Waals surface area contributed by atoms with Crippen molar-refractivity contribution in [2.75, 3.05) is 6.54 Å². The molecule has 2 nitrogen and oxygen atoms in total. The van der Waals surface area contributed by atoms with Crippen LogP contribution in [0.5, 0.6) is 0 Å². The van der Waals surface area contributed by atoms with Crippen LogP contribution in [-0.2, 0) is 0 Å². The molecule has 2 N–H and O–H groups in total. The summed E-state index contributed by atoms with van der Waals surface area (Å²) in [4.78, 5) is 4.36. The van der Waals surface area contributed by atoms with E-state index in [1.54, 1.807) is 0 Å². The number of hydrogen-bond donors (Lipinski definition) is 1. The van der Waals surface area contributed by atoms with Crippen molar-refractivity contribution in [2.45, 2.75) is 45.4 Å². The monoisotopic (exact) mass is 168 g/mol. The topological polar surface area (TPSA) is 38.4 Å². The summed E-state index contributed by atoms with van der Waals surface area (Å²) in [7, 11) is 0. The van der Waals surface area contributed by atoms with Gasteiger partial charge >= 0.3 is 0 Å². The summed E-state index contributed by atoms with van der Waals surface area (Å²) in [6.45, 7) is 3.03. The molecule has 1 rings (SSSR count). The van der Waals surface area contributed by atoms with Crippen LogP contribution < -0.4 is 5.73 Å². The molecule has 1 saturated carbocycles. The third-order valence-electron chi connectivity index (χ3n) is 2.64. The summed E-state index contributed by atoms with van der Waals surface area (Å²) in [5.74, 6) is 1.64. The number of rotatable bonds is 3. The van der Waals surface area contributed by atoms with Crippen LogP contribution in [0.25, 0.3) is 0 Å². The van der Waals surface area contributed by atoms with Crippen molar-refractivity contribution < 1.29 is 0 Å². The maximum Gasteiger partial charge on any atom is 0.0934 e. The number of aliphatic imine (C=N–C) groups is 1. The zero-order valence-electron chi connectivity index (χ0n) is 8.05. The Kier molecular flexibility index (Phi) is 4.12. The first kappa shape index (κ1) is 9.56. The van der Waals surface area contributed by atoms with Crippen molar-refractivity contribution in [1.82, 2.24) is 0 Å². The summed E-state index contributed by atoms with van der Waals surface area (Å²) < 4.78 is 0. The minimum atomic E-state index is 0.820. The zero-order valence-corrected chi connectivity index (χ0v) is 8.05. The first-order valence-corrected chi connectivity index (χ1v) is 5.11. The smallest absolute Gasteiger partial charge is 0.0934 e. The van der Waals surface area contributed by atoms with E-state index >= 15 is 0 Å². The van der Waals surface area contributed by atoms with Gasteiger partial charge in [-0.05, 0) is 18.8 Å². The molecule has 2 heteroatoms.